The molecule has 1 aromatic carbocycles. The number of ether oxygens (including phenoxy) is 1. The van der Waals surface area contributed by atoms with E-state index in [4.69, 9.17) is 10.00 Å². The van der Waals surface area contributed by atoms with E-state index in [0.717, 1.165) is 28.1 Å². The van der Waals surface area contributed by atoms with E-state index >= 15 is 0 Å². The van der Waals surface area contributed by atoms with Gasteiger partial charge in [0.25, 0.3) is 0 Å². The van der Waals surface area contributed by atoms with Crippen LogP contribution in [0.5, 0.6) is 5.75 Å². The summed E-state index contributed by atoms with van der Waals surface area (Å²) in [5, 5.41) is 9.14. The van der Waals surface area contributed by atoms with Gasteiger partial charge in [0.15, 0.2) is 5.69 Å². The summed E-state index contributed by atoms with van der Waals surface area (Å²) in [5.74, 6) is 0.771. The van der Waals surface area contributed by atoms with Gasteiger partial charge in [-0.05, 0) is 31.0 Å². The van der Waals surface area contributed by atoms with Crippen LogP contribution in [0, 0.1) is 25.2 Å². The van der Waals surface area contributed by atoms with Gasteiger partial charge in [-0.15, -0.1) is 0 Å². The summed E-state index contributed by atoms with van der Waals surface area (Å²) in [6.45, 7) is 4.03. The Balaban J connectivity index is 2.79. The van der Waals surface area contributed by atoms with Gasteiger partial charge in [-0.25, -0.2) is 4.98 Å². The average Bonchev–Trinajstić information content (AvgIpc) is 2.69. The van der Waals surface area contributed by atoms with Crippen LogP contribution in [-0.4, -0.2) is 16.7 Å². The summed E-state index contributed by atoms with van der Waals surface area (Å²) in [4.78, 5) is 4.10. The maximum atomic E-state index is 9.14. The van der Waals surface area contributed by atoms with Crippen LogP contribution in [0.1, 0.15) is 16.8 Å². The van der Waals surface area contributed by atoms with Gasteiger partial charge in [0.1, 0.15) is 11.8 Å². The lowest BCUT2D eigenvalue weighted by molar-refractivity contribution is 0.415. The van der Waals surface area contributed by atoms with Crippen molar-refractivity contribution >= 4 is 0 Å². The number of hydrogen-bond acceptors (Lipinski definition) is 3. The Kier molecular flexibility index (Phi) is 3.07. The van der Waals surface area contributed by atoms with Crippen molar-refractivity contribution in [1.29, 1.82) is 5.26 Å². The standard InChI is InChI=1S/C14H15N3O/c1-9-5-10(2)13(12(6-9)18-4)14-11(7-15)16-8-17(14)3/h5-6,8H,1-4H3. The van der Waals surface area contributed by atoms with Crippen LogP contribution in [-0.2, 0) is 7.05 Å². The average molecular weight is 241 g/mol. The van der Waals surface area contributed by atoms with Gasteiger partial charge in [-0.2, -0.15) is 5.26 Å². The minimum atomic E-state index is 0.419. The predicted octanol–water partition coefficient (Wildman–Crippen LogP) is 2.58. The molecule has 4 heteroatoms. The molecule has 0 saturated heterocycles. The second kappa shape index (κ2) is 4.53. The molecule has 4 nitrogen and oxygen atoms in total. The van der Waals surface area contributed by atoms with Crippen LogP contribution >= 0.6 is 0 Å². The van der Waals surface area contributed by atoms with Crippen molar-refractivity contribution in [3.63, 3.8) is 0 Å². The molecule has 0 bridgehead atoms. The van der Waals surface area contributed by atoms with Crippen LogP contribution in [0.2, 0.25) is 0 Å². The minimum Gasteiger partial charge on any atom is -0.496 e. The van der Waals surface area contributed by atoms with E-state index < -0.39 is 0 Å². The molecule has 0 radical (unpaired) electrons. The zero-order chi connectivity index (χ0) is 13.3. The molecular weight excluding hydrogens is 226 g/mol. The molecule has 0 atom stereocenters. The topological polar surface area (TPSA) is 50.8 Å². The van der Waals surface area contributed by atoms with E-state index in [9.17, 15) is 0 Å². The van der Waals surface area contributed by atoms with E-state index in [1.54, 1.807) is 13.4 Å². The molecule has 0 fully saturated rings. The monoisotopic (exact) mass is 241 g/mol. The molecule has 0 aliphatic rings. The van der Waals surface area contributed by atoms with Crippen molar-refractivity contribution in [2.45, 2.75) is 13.8 Å². The summed E-state index contributed by atoms with van der Waals surface area (Å²) < 4.78 is 7.28. The van der Waals surface area contributed by atoms with Crippen LogP contribution in [0.25, 0.3) is 11.3 Å². The Morgan fingerprint density at radius 2 is 2.06 bits per heavy atom. The molecule has 0 aliphatic heterocycles. The summed E-state index contributed by atoms with van der Waals surface area (Å²) in [6.07, 6.45) is 1.65. The first-order valence-electron chi connectivity index (χ1n) is 5.65. The Morgan fingerprint density at radius 1 is 1.33 bits per heavy atom. The number of benzene rings is 1. The maximum Gasteiger partial charge on any atom is 0.166 e. The number of nitrogens with zero attached hydrogens (tertiary/aromatic N) is 3. The fourth-order valence-corrected chi connectivity index (χ4v) is 2.20. The SMILES string of the molecule is COc1cc(C)cc(C)c1-c1c(C#N)ncn1C. The lowest BCUT2D eigenvalue weighted by Crippen LogP contribution is -1.98. The number of methoxy groups -OCH3 is 1. The fourth-order valence-electron chi connectivity index (χ4n) is 2.20. The van der Waals surface area contributed by atoms with Crippen LogP contribution in [0.4, 0.5) is 0 Å². The molecule has 1 aromatic heterocycles. The van der Waals surface area contributed by atoms with Crippen molar-refractivity contribution in [2.75, 3.05) is 7.11 Å². The van der Waals surface area contributed by atoms with Crippen LogP contribution < -0.4 is 4.74 Å². The zero-order valence-corrected chi connectivity index (χ0v) is 11.0. The molecule has 0 unspecified atom stereocenters. The highest BCUT2D eigenvalue weighted by molar-refractivity contribution is 5.75. The summed E-state index contributed by atoms with van der Waals surface area (Å²) in [6, 6.07) is 6.16. The number of aromatic nitrogens is 2. The Morgan fingerprint density at radius 3 is 2.67 bits per heavy atom. The number of imidazole rings is 1. The molecule has 92 valence electrons. The van der Waals surface area contributed by atoms with Gasteiger partial charge < -0.3 is 9.30 Å². The Labute approximate surface area is 106 Å². The third-order valence-electron chi connectivity index (χ3n) is 2.94. The minimum absolute atomic E-state index is 0.419. The predicted molar refractivity (Wildman–Crippen MR) is 69.4 cm³/mol. The molecular formula is C14H15N3O. The van der Waals surface area contributed by atoms with E-state index in [1.807, 2.05) is 31.5 Å². The maximum absolute atomic E-state index is 9.14. The molecule has 0 spiro atoms. The number of nitriles is 1. The van der Waals surface area contributed by atoms with Crippen LogP contribution in [0.15, 0.2) is 18.5 Å². The molecule has 0 amide bonds. The third kappa shape index (κ3) is 1.84. The van der Waals surface area contributed by atoms with Gasteiger partial charge in [0, 0.05) is 12.6 Å². The molecule has 18 heavy (non-hydrogen) atoms. The quantitative estimate of drug-likeness (QED) is 0.812. The van der Waals surface area contributed by atoms with Gasteiger partial charge in [0.2, 0.25) is 0 Å². The van der Waals surface area contributed by atoms with Crippen molar-refractivity contribution in [2.24, 2.45) is 7.05 Å². The second-order valence-electron chi connectivity index (χ2n) is 4.32. The number of aryl methyl sites for hydroxylation is 3. The van der Waals surface area contributed by atoms with E-state index in [1.165, 1.54) is 0 Å². The van der Waals surface area contributed by atoms with Gasteiger partial charge in [-0.1, -0.05) is 6.07 Å². The highest BCUT2D eigenvalue weighted by Gasteiger charge is 2.18. The third-order valence-corrected chi connectivity index (χ3v) is 2.94. The molecule has 1 heterocycles. The number of rotatable bonds is 2. The first-order valence-corrected chi connectivity index (χ1v) is 5.65. The Bertz CT molecular complexity index is 635. The lowest BCUT2D eigenvalue weighted by atomic mass is 10.0. The van der Waals surface area contributed by atoms with E-state index in [2.05, 4.69) is 17.1 Å². The van der Waals surface area contributed by atoms with Gasteiger partial charge in [0.05, 0.1) is 19.1 Å². The first kappa shape index (κ1) is 12.2. The van der Waals surface area contributed by atoms with Crippen molar-refractivity contribution in [3.8, 4) is 23.1 Å². The fraction of sp³-hybridized carbons (Fsp3) is 0.286. The molecule has 2 rings (SSSR count). The molecule has 2 aromatic rings. The number of hydrogen-bond donors (Lipinski definition) is 0. The Hall–Kier alpha value is -2.28. The first-order chi connectivity index (χ1) is 8.58. The highest BCUT2D eigenvalue weighted by Crippen LogP contribution is 2.35. The smallest absolute Gasteiger partial charge is 0.166 e. The van der Waals surface area contributed by atoms with Crippen molar-refractivity contribution in [1.82, 2.24) is 9.55 Å². The molecule has 0 saturated carbocycles. The zero-order valence-electron chi connectivity index (χ0n) is 11.0. The molecule has 0 N–H and O–H groups in total. The van der Waals surface area contributed by atoms with Gasteiger partial charge >= 0.3 is 0 Å². The largest absolute Gasteiger partial charge is 0.496 e. The second-order valence-corrected chi connectivity index (χ2v) is 4.32. The normalized spacial score (nSPS) is 10.2. The summed E-state index contributed by atoms with van der Waals surface area (Å²) in [7, 11) is 3.52. The summed E-state index contributed by atoms with van der Waals surface area (Å²) in [5.41, 5.74) is 4.36. The van der Waals surface area contributed by atoms with Crippen LogP contribution in [0.3, 0.4) is 0 Å². The summed E-state index contributed by atoms with van der Waals surface area (Å²) >= 11 is 0. The van der Waals surface area contributed by atoms with E-state index in [0.29, 0.717) is 5.69 Å². The molecule has 0 aliphatic carbocycles. The highest BCUT2D eigenvalue weighted by atomic mass is 16.5. The van der Waals surface area contributed by atoms with Gasteiger partial charge in [-0.3, -0.25) is 0 Å². The van der Waals surface area contributed by atoms with Crippen molar-refractivity contribution < 1.29 is 4.74 Å². The van der Waals surface area contributed by atoms with Crippen molar-refractivity contribution in [3.05, 3.63) is 35.3 Å². The lowest BCUT2D eigenvalue weighted by Gasteiger charge is -2.13. The van der Waals surface area contributed by atoms with E-state index in [-0.39, 0.29) is 0 Å².